The van der Waals surface area contributed by atoms with Gasteiger partial charge in [0.05, 0.1) is 0 Å². The van der Waals surface area contributed by atoms with Gasteiger partial charge in [0.2, 0.25) is 5.91 Å². The van der Waals surface area contributed by atoms with Crippen LogP contribution in [0.4, 0.5) is 0 Å². The van der Waals surface area contributed by atoms with Gasteiger partial charge in [-0.05, 0) is 20.5 Å². The summed E-state index contributed by atoms with van der Waals surface area (Å²) in [7, 11) is 3.99. The van der Waals surface area contributed by atoms with Crippen LogP contribution in [-0.2, 0) is 4.79 Å². The van der Waals surface area contributed by atoms with Gasteiger partial charge in [-0.15, -0.1) is 0 Å². The zero-order chi connectivity index (χ0) is 8.43. The van der Waals surface area contributed by atoms with Gasteiger partial charge in [-0.25, -0.2) is 0 Å². The fraction of sp³-hybridized carbons (Fsp3) is 0.625. The summed E-state index contributed by atoms with van der Waals surface area (Å²) in [5, 5.41) is 2.74. The van der Waals surface area contributed by atoms with Gasteiger partial charge in [0, 0.05) is 18.2 Å². The zero-order valence-electron chi connectivity index (χ0n) is 7.05. The normalized spacial score (nSPS) is 25.5. The molecule has 0 aromatic carbocycles. The smallest absolute Gasteiger partial charge is 0.224 e. The van der Waals surface area contributed by atoms with Crippen molar-refractivity contribution in [2.45, 2.75) is 18.9 Å². The third-order valence-corrected chi connectivity index (χ3v) is 1.97. The standard InChI is InChI=1S/C8H14N2O/c1-6-7(10(2)3)4-5-8(11)9-6/h7H,1,4-5H2,2-3H3,(H,9,11). The quantitative estimate of drug-likeness (QED) is 0.590. The van der Waals surface area contributed by atoms with E-state index in [9.17, 15) is 4.79 Å². The second kappa shape index (κ2) is 3.05. The summed E-state index contributed by atoms with van der Waals surface area (Å²) in [6.45, 7) is 3.79. The summed E-state index contributed by atoms with van der Waals surface area (Å²) in [6.07, 6.45) is 1.50. The number of rotatable bonds is 1. The van der Waals surface area contributed by atoms with Gasteiger partial charge in [-0.2, -0.15) is 0 Å². The van der Waals surface area contributed by atoms with Gasteiger partial charge in [-0.1, -0.05) is 6.58 Å². The van der Waals surface area contributed by atoms with Crippen molar-refractivity contribution in [2.24, 2.45) is 0 Å². The molecule has 1 amide bonds. The van der Waals surface area contributed by atoms with Gasteiger partial charge in [-0.3, -0.25) is 4.79 Å². The van der Waals surface area contributed by atoms with E-state index in [0.29, 0.717) is 12.5 Å². The molecule has 0 spiro atoms. The number of amides is 1. The molecule has 1 rings (SSSR count). The van der Waals surface area contributed by atoms with Crippen LogP contribution in [0, 0.1) is 0 Å². The molecular weight excluding hydrogens is 140 g/mol. The lowest BCUT2D eigenvalue weighted by Crippen LogP contribution is -2.42. The van der Waals surface area contributed by atoms with E-state index >= 15 is 0 Å². The summed E-state index contributed by atoms with van der Waals surface area (Å²) in [5.41, 5.74) is 0.825. The molecule has 1 saturated heterocycles. The minimum atomic E-state index is 0.0908. The molecule has 1 atom stereocenters. The number of hydrogen-bond donors (Lipinski definition) is 1. The first kappa shape index (κ1) is 8.27. The molecule has 1 aliphatic heterocycles. The summed E-state index contributed by atoms with van der Waals surface area (Å²) in [6, 6.07) is 0.313. The average molecular weight is 154 g/mol. The monoisotopic (exact) mass is 154 g/mol. The van der Waals surface area contributed by atoms with E-state index in [1.54, 1.807) is 0 Å². The lowest BCUT2D eigenvalue weighted by atomic mass is 10.0. The summed E-state index contributed by atoms with van der Waals surface area (Å²) < 4.78 is 0. The molecule has 62 valence electrons. The Labute approximate surface area is 67.1 Å². The van der Waals surface area contributed by atoms with Crippen LogP contribution in [0.1, 0.15) is 12.8 Å². The minimum Gasteiger partial charge on any atom is -0.329 e. The Morgan fingerprint density at radius 1 is 1.64 bits per heavy atom. The van der Waals surface area contributed by atoms with E-state index in [1.165, 1.54) is 0 Å². The largest absolute Gasteiger partial charge is 0.329 e. The van der Waals surface area contributed by atoms with Crippen LogP contribution < -0.4 is 5.32 Å². The molecule has 11 heavy (non-hydrogen) atoms. The van der Waals surface area contributed by atoms with E-state index in [1.807, 2.05) is 14.1 Å². The number of carbonyl (C=O) groups is 1. The number of piperidine rings is 1. The van der Waals surface area contributed by atoms with E-state index in [-0.39, 0.29) is 5.91 Å². The van der Waals surface area contributed by atoms with E-state index < -0.39 is 0 Å². The number of nitrogens with one attached hydrogen (secondary N) is 1. The highest BCUT2D eigenvalue weighted by atomic mass is 16.1. The number of nitrogens with zero attached hydrogens (tertiary/aromatic N) is 1. The fourth-order valence-electron chi connectivity index (χ4n) is 1.34. The molecule has 3 heteroatoms. The van der Waals surface area contributed by atoms with Crippen molar-refractivity contribution >= 4 is 5.91 Å². The number of likely N-dealkylation sites (N-methyl/N-ethyl adjacent to an activating group) is 1. The van der Waals surface area contributed by atoms with Crippen LogP contribution in [0.25, 0.3) is 0 Å². The highest BCUT2D eigenvalue weighted by Gasteiger charge is 2.22. The predicted octanol–water partition coefficient (Wildman–Crippen LogP) is 0.340. The first-order valence-electron chi connectivity index (χ1n) is 3.76. The Morgan fingerprint density at radius 2 is 2.27 bits per heavy atom. The number of hydrogen-bond acceptors (Lipinski definition) is 2. The summed E-state index contributed by atoms with van der Waals surface area (Å²) >= 11 is 0. The highest BCUT2D eigenvalue weighted by molar-refractivity contribution is 5.79. The van der Waals surface area contributed by atoms with Crippen LogP contribution >= 0.6 is 0 Å². The minimum absolute atomic E-state index is 0.0908. The Morgan fingerprint density at radius 3 is 2.73 bits per heavy atom. The molecule has 1 fully saturated rings. The second-order valence-electron chi connectivity index (χ2n) is 3.09. The Bertz CT molecular complexity index is 187. The maximum Gasteiger partial charge on any atom is 0.224 e. The van der Waals surface area contributed by atoms with Gasteiger partial charge in [0.15, 0.2) is 0 Å². The third kappa shape index (κ3) is 1.80. The molecule has 1 unspecified atom stereocenters. The van der Waals surface area contributed by atoms with Gasteiger partial charge >= 0.3 is 0 Å². The van der Waals surface area contributed by atoms with Crippen molar-refractivity contribution in [3.8, 4) is 0 Å². The molecule has 0 aliphatic carbocycles. The van der Waals surface area contributed by atoms with Crippen LogP contribution in [-0.4, -0.2) is 30.9 Å². The highest BCUT2D eigenvalue weighted by Crippen LogP contribution is 2.14. The molecule has 1 N–H and O–H groups in total. The van der Waals surface area contributed by atoms with Crippen molar-refractivity contribution in [1.82, 2.24) is 10.2 Å². The summed E-state index contributed by atoms with van der Waals surface area (Å²) in [5.74, 6) is 0.0908. The van der Waals surface area contributed by atoms with Gasteiger partial charge in [0.1, 0.15) is 0 Å². The first-order chi connectivity index (χ1) is 5.11. The van der Waals surface area contributed by atoms with Crippen LogP contribution in [0.2, 0.25) is 0 Å². The van der Waals surface area contributed by atoms with Crippen molar-refractivity contribution in [3.05, 3.63) is 12.3 Å². The lowest BCUT2D eigenvalue weighted by Gasteiger charge is -2.30. The average Bonchev–Trinajstić information content (AvgIpc) is 1.85. The van der Waals surface area contributed by atoms with Crippen LogP contribution in [0.3, 0.4) is 0 Å². The Kier molecular flexibility index (Phi) is 2.29. The van der Waals surface area contributed by atoms with Crippen LogP contribution in [0.15, 0.2) is 12.3 Å². The predicted molar refractivity (Wildman–Crippen MR) is 44.0 cm³/mol. The van der Waals surface area contributed by atoms with E-state index in [0.717, 1.165) is 12.1 Å². The van der Waals surface area contributed by atoms with Crippen LogP contribution in [0.5, 0.6) is 0 Å². The van der Waals surface area contributed by atoms with Crippen molar-refractivity contribution < 1.29 is 4.79 Å². The molecule has 0 aromatic rings. The third-order valence-electron chi connectivity index (χ3n) is 1.97. The molecule has 0 radical (unpaired) electrons. The Balaban J connectivity index is 2.57. The Hall–Kier alpha value is -0.830. The zero-order valence-corrected chi connectivity index (χ0v) is 7.05. The van der Waals surface area contributed by atoms with E-state index in [2.05, 4.69) is 16.8 Å². The molecule has 1 aliphatic rings. The molecule has 1 heterocycles. The molecule has 0 aromatic heterocycles. The maximum absolute atomic E-state index is 10.9. The molecule has 0 saturated carbocycles. The fourth-order valence-corrected chi connectivity index (χ4v) is 1.34. The molecule has 0 bridgehead atoms. The maximum atomic E-state index is 10.9. The van der Waals surface area contributed by atoms with Gasteiger partial charge < -0.3 is 10.2 Å². The first-order valence-corrected chi connectivity index (χ1v) is 3.76. The van der Waals surface area contributed by atoms with Gasteiger partial charge in [0.25, 0.3) is 0 Å². The number of carbonyl (C=O) groups excluding carboxylic acids is 1. The SMILES string of the molecule is C=C1NC(=O)CCC1N(C)C. The van der Waals surface area contributed by atoms with E-state index in [4.69, 9.17) is 0 Å². The van der Waals surface area contributed by atoms with Crippen molar-refractivity contribution in [2.75, 3.05) is 14.1 Å². The molecular formula is C8H14N2O. The molecule has 3 nitrogen and oxygen atoms in total. The second-order valence-corrected chi connectivity index (χ2v) is 3.09. The van der Waals surface area contributed by atoms with Crippen molar-refractivity contribution in [1.29, 1.82) is 0 Å². The summed E-state index contributed by atoms with van der Waals surface area (Å²) in [4.78, 5) is 12.9. The van der Waals surface area contributed by atoms with Crippen molar-refractivity contribution in [3.63, 3.8) is 0 Å². The topological polar surface area (TPSA) is 32.3 Å². The lowest BCUT2D eigenvalue weighted by molar-refractivity contribution is -0.121.